The molecular formula is C14H12N2O4. The second kappa shape index (κ2) is 4.19. The Bertz CT molecular complexity index is 905. The number of carbonyl (C=O) groups is 1. The SMILES string of the molecule is CCn1cc(C(=O)O)c(=O)c2cc3oc(C)cc3nc21. The average Bonchev–Trinajstić information content (AvgIpc) is 2.76. The van der Waals surface area contributed by atoms with E-state index in [2.05, 4.69) is 4.98 Å². The predicted molar refractivity (Wildman–Crippen MR) is 73.1 cm³/mol. The summed E-state index contributed by atoms with van der Waals surface area (Å²) in [5, 5.41) is 9.36. The lowest BCUT2D eigenvalue weighted by molar-refractivity contribution is 0.0695. The Morgan fingerprint density at radius 2 is 2.20 bits per heavy atom. The van der Waals surface area contributed by atoms with E-state index in [1.165, 1.54) is 6.20 Å². The van der Waals surface area contributed by atoms with Crippen LogP contribution in [0.4, 0.5) is 0 Å². The van der Waals surface area contributed by atoms with Crippen LogP contribution in [0.1, 0.15) is 23.0 Å². The predicted octanol–water partition coefficient (Wildman–Crippen LogP) is 2.17. The van der Waals surface area contributed by atoms with Crippen LogP contribution in [0.15, 0.2) is 27.5 Å². The van der Waals surface area contributed by atoms with Gasteiger partial charge in [0.05, 0.1) is 5.39 Å². The third-order valence-electron chi connectivity index (χ3n) is 3.22. The standard InChI is InChI=1S/C14H12N2O4/c1-3-16-6-9(14(18)19)12(17)8-5-11-10(15-13(8)16)4-7(2)20-11/h4-6H,3H2,1-2H3,(H,18,19). The normalized spacial score (nSPS) is 11.3. The van der Waals surface area contributed by atoms with Crippen LogP contribution < -0.4 is 5.43 Å². The first-order valence-corrected chi connectivity index (χ1v) is 6.19. The topological polar surface area (TPSA) is 85.3 Å². The van der Waals surface area contributed by atoms with Gasteiger partial charge in [0.1, 0.15) is 22.5 Å². The molecule has 0 aliphatic heterocycles. The van der Waals surface area contributed by atoms with Crippen LogP contribution in [-0.2, 0) is 6.54 Å². The molecule has 0 unspecified atom stereocenters. The van der Waals surface area contributed by atoms with Gasteiger partial charge in [0.2, 0.25) is 5.43 Å². The average molecular weight is 272 g/mol. The molecule has 6 heteroatoms. The Morgan fingerprint density at radius 3 is 2.85 bits per heavy atom. The molecule has 1 N–H and O–H groups in total. The summed E-state index contributed by atoms with van der Waals surface area (Å²) in [6.45, 7) is 4.18. The summed E-state index contributed by atoms with van der Waals surface area (Å²) in [6.07, 6.45) is 1.33. The van der Waals surface area contributed by atoms with E-state index >= 15 is 0 Å². The molecule has 3 heterocycles. The van der Waals surface area contributed by atoms with Crippen molar-refractivity contribution in [2.24, 2.45) is 0 Å². The van der Waals surface area contributed by atoms with Crippen molar-refractivity contribution in [2.45, 2.75) is 20.4 Å². The molecule has 0 aliphatic carbocycles. The van der Waals surface area contributed by atoms with Crippen molar-refractivity contribution in [3.63, 3.8) is 0 Å². The first kappa shape index (κ1) is 12.4. The minimum Gasteiger partial charge on any atom is -0.477 e. The Morgan fingerprint density at radius 1 is 1.45 bits per heavy atom. The van der Waals surface area contributed by atoms with Gasteiger partial charge in [0.15, 0.2) is 5.58 Å². The van der Waals surface area contributed by atoms with Gasteiger partial charge in [0, 0.05) is 18.8 Å². The molecule has 102 valence electrons. The number of pyridine rings is 2. The minimum atomic E-state index is -1.24. The fraction of sp³-hybridized carbons (Fsp3) is 0.214. The molecule has 20 heavy (non-hydrogen) atoms. The fourth-order valence-corrected chi connectivity index (χ4v) is 2.28. The number of rotatable bonds is 2. The molecule has 0 spiro atoms. The van der Waals surface area contributed by atoms with Gasteiger partial charge in [-0.1, -0.05) is 0 Å². The molecule has 0 radical (unpaired) electrons. The molecule has 0 fully saturated rings. The zero-order valence-electron chi connectivity index (χ0n) is 11.0. The Balaban J connectivity index is 2.52. The lowest BCUT2D eigenvalue weighted by Crippen LogP contribution is -2.19. The Labute approximate surface area is 113 Å². The Hall–Kier alpha value is -2.63. The second-order valence-corrected chi connectivity index (χ2v) is 4.56. The lowest BCUT2D eigenvalue weighted by Gasteiger charge is -2.08. The summed E-state index contributed by atoms with van der Waals surface area (Å²) in [4.78, 5) is 27.8. The van der Waals surface area contributed by atoms with Crippen molar-refractivity contribution < 1.29 is 14.3 Å². The van der Waals surface area contributed by atoms with Crippen LogP contribution in [0.3, 0.4) is 0 Å². The van der Waals surface area contributed by atoms with Gasteiger partial charge in [-0.05, 0) is 19.9 Å². The van der Waals surface area contributed by atoms with E-state index in [-0.39, 0.29) is 10.9 Å². The van der Waals surface area contributed by atoms with Gasteiger partial charge < -0.3 is 14.1 Å². The summed E-state index contributed by atoms with van der Waals surface area (Å²) >= 11 is 0. The van der Waals surface area contributed by atoms with E-state index < -0.39 is 11.4 Å². The maximum absolute atomic E-state index is 12.2. The highest BCUT2D eigenvalue weighted by atomic mass is 16.4. The highest BCUT2D eigenvalue weighted by Gasteiger charge is 2.16. The molecule has 0 aromatic carbocycles. The summed E-state index contributed by atoms with van der Waals surface area (Å²) in [5.74, 6) is -0.549. The monoisotopic (exact) mass is 272 g/mol. The highest BCUT2D eigenvalue weighted by Crippen LogP contribution is 2.21. The zero-order chi connectivity index (χ0) is 14.4. The second-order valence-electron chi connectivity index (χ2n) is 4.56. The van der Waals surface area contributed by atoms with Crippen molar-refractivity contribution in [3.05, 3.63) is 39.9 Å². The van der Waals surface area contributed by atoms with Crippen molar-refractivity contribution in [3.8, 4) is 0 Å². The van der Waals surface area contributed by atoms with Crippen LogP contribution in [0.25, 0.3) is 22.1 Å². The van der Waals surface area contributed by atoms with Gasteiger partial charge in [0.25, 0.3) is 0 Å². The first-order chi connectivity index (χ1) is 9.51. The third kappa shape index (κ3) is 1.69. The lowest BCUT2D eigenvalue weighted by atomic mass is 10.2. The Kier molecular flexibility index (Phi) is 2.60. The maximum atomic E-state index is 12.2. The van der Waals surface area contributed by atoms with Gasteiger partial charge in [-0.2, -0.15) is 0 Å². The quantitative estimate of drug-likeness (QED) is 0.772. The minimum absolute atomic E-state index is 0.258. The molecule has 0 aliphatic rings. The molecular weight excluding hydrogens is 260 g/mol. The van der Waals surface area contributed by atoms with Gasteiger partial charge in [-0.3, -0.25) is 4.79 Å². The number of carboxylic acids is 1. The van der Waals surface area contributed by atoms with E-state index in [1.54, 1.807) is 23.6 Å². The number of furan rings is 1. The van der Waals surface area contributed by atoms with E-state index in [9.17, 15) is 9.59 Å². The fourth-order valence-electron chi connectivity index (χ4n) is 2.28. The van der Waals surface area contributed by atoms with Crippen molar-refractivity contribution in [2.75, 3.05) is 0 Å². The molecule has 0 amide bonds. The van der Waals surface area contributed by atoms with Crippen molar-refractivity contribution in [1.82, 2.24) is 9.55 Å². The van der Waals surface area contributed by atoms with Crippen LogP contribution in [0.2, 0.25) is 0 Å². The number of carboxylic acid groups (broad SMARTS) is 1. The summed E-state index contributed by atoms with van der Waals surface area (Å²) in [5.41, 5.74) is 0.803. The molecule has 0 atom stereocenters. The summed E-state index contributed by atoms with van der Waals surface area (Å²) < 4.78 is 7.10. The van der Waals surface area contributed by atoms with Gasteiger partial charge in [-0.15, -0.1) is 0 Å². The van der Waals surface area contributed by atoms with Crippen molar-refractivity contribution in [1.29, 1.82) is 0 Å². The first-order valence-electron chi connectivity index (χ1n) is 6.19. The van der Waals surface area contributed by atoms with Crippen LogP contribution in [0.5, 0.6) is 0 Å². The molecule has 6 nitrogen and oxygen atoms in total. The summed E-state index contributed by atoms with van der Waals surface area (Å²) in [7, 11) is 0. The number of hydrogen-bond acceptors (Lipinski definition) is 4. The van der Waals surface area contributed by atoms with Gasteiger partial charge >= 0.3 is 5.97 Å². The van der Waals surface area contributed by atoms with Crippen LogP contribution in [0, 0.1) is 6.92 Å². The van der Waals surface area contributed by atoms with E-state index in [0.717, 1.165) is 0 Å². The molecule has 0 saturated heterocycles. The van der Waals surface area contributed by atoms with Crippen LogP contribution in [-0.4, -0.2) is 20.6 Å². The highest BCUT2D eigenvalue weighted by molar-refractivity contribution is 5.94. The molecule has 0 saturated carbocycles. The van der Waals surface area contributed by atoms with Gasteiger partial charge in [-0.25, -0.2) is 9.78 Å². The molecule has 3 aromatic heterocycles. The number of fused-ring (bicyclic) bond motifs is 2. The van der Waals surface area contributed by atoms with E-state index in [1.807, 2.05) is 6.92 Å². The third-order valence-corrected chi connectivity index (χ3v) is 3.22. The van der Waals surface area contributed by atoms with E-state index in [4.69, 9.17) is 9.52 Å². The number of aryl methyl sites for hydroxylation is 2. The van der Waals surface area contributed by atoms with Crippen LogP contribution >= 0.6 is 0 Å². The number of aromatic carboxylic acids is 1. The maximum Gasteiger partial charge on any atom is 0.341 e. The number of hydrogen-bond donors (Lipinski definition) is 1. The summed E-state index contributed by atoms with van der Waals surface area (Å²) in [6, 6.07) is 3.34. The van der Waals surface area contributed by atoms with Crippen molar-refractivity contribution >= 4 is 28.1 Å². The smallest absolute Gasteiger partial charge is 0.341 e. The molecule has 3 rings (SSSR count). The molecule has 0 bridgehead atoms. The largest absolute Gasteiger partial charge is 0.477 e. The number of nitrogens with zero attached hydrogens (tertiary/aromatic N) is 2. The zero-order valence-corrected chi connectivity index (χ0v) is 11.0. The van der Waals surface area contributed by atoms with E-state index in [0.29, 0.717) is 29.1 Å². The number of aromatic nitrogens is 2. The molecule has 3 aromatic rings.